The van der Waals surface area contributed by atoms with E-state index in [1.54, 1.807) is 5.38 Å². The fourth-order valence-corrected chi connectivity index (χ4v) is 2.04. The number of carbonyl (C=O) groups is 1. The third-order valence-corrected chi connectivity index (χ3v) is 2.95. The number of nitrogens with zero attached hydrogens (tertiary/aromatic N) is 3. The minimum Gasteiger partial charge on any atom is -0.343 e. The zero-order valence-electron chi connectivity index (χ0n) is 9.25. The minimum absolute atomic E-state index is 0.246. The number of nitrogens with one attached hydrogen (secondary N) is 2. The van der Waals surface area contributed by atoms with E-state index in [2.05, 4.69) is 24.9 Å². The maximum atomic E-state index is 11.6. The SMILES string of the molecule is O=C(NCc1nc2ccccc2[nH]1)c1csnn1. The minimum atomic E-state index is -0.246. The first-order valence-electron chi connectivity index (χ1n) is 5.32. The predicted octanol–water partition coefficient (Wildman–Crippen LogP) is 1.34. The predicted molar refractivity (Wildman–Crippen MR) is 67.2 cm³/mol. The van der Waals surface area contributed by atoms with Gasteiger partial charge in [-0.1, -0.05) is 16.6 Å². The average Bonchev–Trinajstić information content (AvgIpc) is 3.04. The van der Waals surface area contributed by atoms with Crippen LogP contribution in [0, 0.1) is 0 Å². The van der Waals surface area contributed by atoms with Crippen molar-refractivity contribution in [2.24, 2.45) is 0 Å². The molecule has 0 aliphatic carbocycles. The molecule has 2 heterocycles. The van der Waals surface area contributed by atoms with E-state index < -0.39 is 0 Å². The largest absolute Gasteiger partial charge is 0.343 e. The molecule has 0 radical (unpaired) electrons. The van der Waals surface area contributed by atoms with E-state index >= 15 is 0 Å². The van der Waals surface area contributed by atoms with Crippen molar-refractivity contribution in [2.75, 3.05) is 0 Å². The van der Waals surface area contributed by atoms with E-state index in [4.69, 9.17) is 0 Å². The highest BCUT2D eigenvalue weighted by Crippen LogP contribution is 2.10. The summed E-state index contributed by atoms with van der Waals surface area (Å²) in [4.78, 5) is 19.1. The van der Waals surface area contributed by atoms with Gasteiger partial charge in [0.05, 0.1) is 17.6 Å². The highest BCUT2D eigenvalue weighted by atomic mass is 32.1. The number of aromatic nitrogens is 4. The molecule has 18 heavy (non-hydrogen) atoms. The van der Waals surface area contributed by atoms with E-state index in [0.717, 1.165) is 22.6 Å². The Hall–Kier alpha value is -2.28. The Morgan fingerprint density at radius 3 is 3.06 bits per heavy atom. The third kappa shape index (κ3) is 2.07. The van der Waals surface area contributed by atoms with Gasteiger partial charge in [-0.3, -0.25) is 4.79 Å². The number of rotatable bonds is 3. The van der Waals surface area contributed by atoms with Gasteiger partial charge in [-0.25, -0.2) is 4.98 Å². The molecule has 3 aromatic rings. The molecule has 7 heteroatoms. The average molecular weight is 259 g/mol. The van der Waals surface area contributed by atoms with Crippen LogP contribution in [0.2, 0.25) is 0 Å². The van der Waals surface area contributed by atoms with Gasteiger partial charge >= 0.3 is 0 Å². The van der Waals surface area contributed by atoms with Gasteiger partial charge in [0, 0.05) is 5.38 Å². The van der Waals surface area contributed by atoms with Crippen LogP contribution >= 0.6 is 11.5 Å². The lowest BCUT2D eigenvalue weighted by Crippen LogP contribution is -2.23. The summed E-state index contributed by atoms with van der Waals surface area (Å²) in [6.07, 6.45) is 0. The molecule has 90 valence electrons. The lowest BCUT2D eigenvalue weighted by atomic mass is 10.3. The van der Waals surface area contributed by atoms with E-state index in [0.29, 0.717) is 18.1 Å². The maximum Gasteiger partial charge on any atom is 0.273 e. The van der Waals surface area contributed by atoms with Crippen molar-refractivity contribution in [1.29, 1.82) is 0 Å². The van der Waals surface area contributed by atoms with E-state index in [1.807, 2.05) is 24.3 Å². The summed E-state index contributed by atoms with van der Waals surface area (Å²) in [6, 6.07) is 7.72. The molecule has 0 aliphatic rings. The first kappa shape index (κ1) is 10.8. The van der Waals surface area contributed by atoms with Gasteiger partial charge in [0.15, 0.2) is 5.69 Å². The Bertz CT molecular complexity index is 643. The topological polar surface area (TPSA) is 83.6 Å². The van der Waals surface area contributed by atoms with Crippen LogP contribution in [0.3, 0.4) is 0 Å². The van der Waals surface area contributed by atoms with E-state index in [-0.39, 0.29) is 5.91 Å². The van der Waals surface area contributed by atoms with Crippen molar-refractivity contribution in [2.45, 2.75) is 6.54 Å². The zero-order valence-corrected chi connectivity index (χ0v) is 10.1. The summed E-state index contributed by atoms with van der Waals surface area (Å²) in [5.41, 5.74) is 2.17. The number of hydrogen-bond acceptors (Lipinski definition) is 5. The standard InChI is InChI=1S/C11H9N5OS/c17-11(9-6-18-16-15-9)12-5-10-13-7-3-1-2-4-8(7)14-10/h1-4,6H,5H2,(H,12,17)(H,13,14). The number of aromatic amines is 1. The Balaban J connectivity index is 1.71. The molecule has 1 amide bonds. The molecule has 0 saturated heterocycles. The van der Waals surface area contributed by atoms with Gasteiger partial charge in [-0.15, -0.1) is 5.10 Å². The van der Waals surface area contributed by atoms with Crippen molar-refractivity contribution in [3.05, 3.63) is 41.2 Å². The lowest BCUT2D eigenvalue weighted by Gasteiger charge is -1.98. The highest BCUT2D eigenvalue weighted by molar-refractivity contribution is 7.03. The Morgan fingerprint density at radius 1 is 1.39 bits per heavy atom. The molecule has 0 atom stereocenters. The second-order valence-electron chi connectivity index (χ2n) is 3.67. The Kier molecular flexibility index (Phi) is 2.73. The number of hydrogen-bond donors (Lipinski definition) is 2. The molecule has 3 rings (SSSR count). The van der Waals surface area contributed by atoms with Crippen molar-refractivity contribution in [3.8, 4) is 0 Å². The number of imidazole rings is 1. The first-order chi connectivity index (χ1) is 8.83. The van der Waals surface area contributed by atoms with Crippen molar-refractivity contribution in [1.82, 2.24) is 24.9 Å². The Morgan fingerprint density at radius 2 is 2.28 bits per heavy atom. The summed E-state index contributed by atoms with van der Waals surface area (Å²) in [5.74, 6) is 0.469. The number of fused-ring (bicyclic) bond motifs is 1. The van der Waals surface area contributed by atoms with Gasteiger partial charge in [0.1, 0.15) is 5.82 Å². The summed E-state index contributed by atoms with van der Waals surface area (Å²) in [5, 5.41) is 8.04. The molecular formula is C11H9N5OS. The molecule has 6 nitrogen and oxygen atoms in total. The van der Waals surface area contributed by atoms with Crippen LogP contribution in [0.1, 0.15) is 16.3 Å². The molecule has 0 spiro atoms. The number of para-hydroxylation sites is 2. The van der Waals surface area contributed by atoms with Crippen LogP contribution in [0.4, 0.5) is 0 Å². The second-order valence-corrected chi connectivity index (χ2v) is 4.28. The summed E-state index contributed by atoms with van der Waals surface area (Å²) in [7, 11) is 0. The second kappa shape index (κ2) is 4.53. The van der Waals surface area contributed by atoms with Crippen LogP contribution in [-0.2, 0) is 6.54 Å². The fourth-order valence-electron chi connectivity index (χ4n) is 1.61. The molecule has 2 aromatic heterocycles. The van der Waals surface area contributed by atoms with Gasteiger partial charge in [0.25, 0.3) is 5.91 Å². The monoisotopic (exact) mass is 259 g/mol. The molecule has 2 N–H and O–H groups in total. The summed E-state index contributed by atoms with van der Waals surface area (Å²) in [6.45, 7) is 0.338. The van der Waals surface area contributed by atoms with Crippen molar-refractivity contribution >= 4 is 28.5 Å². The summed E-state index contributed by atoms with van der Waals surface area (Å²) >= 11 is 1.15. The third-order valence-electron chi connectivity index (χ3n) is 2.45. The van der Waals surface area contributed by atoms with E-state index in [9.17, 15) is 4.79 Å². The van der Waals surface area contributed by atoms with Gasteiger partial charge in [0.2, 0.25) is 0 Å². The molecule has 1 aromatic carbocycles. The van der Waals surface area contributed by atoms with Crippen LogP contribution in [0.5, 0.6) is 0 Å². The molecule has 0 unspecified atom stereocenters. The van der Waals surface area contributed by atoms with Crippen LogP contribution in [-0.4, -0.2) is 25.5 Å². The molecular weight excluding hydrogens is 250 g/mol. The van der Waals surface area contributed by atoms with Crippen LogP contribution in [0.25, 0.3) is 11.0 Å². The molecule has 0 saturated carbocycles. The quantitative estimate of drug-likeness (QED) is 0.743. The first-order valence-corrected chi connectivity index (χ1v) is 6.15. The fraction of sp³-hybridized carbons (Fsp3) is 0.0909. The number of benzene rings is 1. The van der Waals surface area contributed by atoms with E-state index in [1.165, 1.54) is 0 Å². The Labute approximate surface area is 106 Å². The van der Waals surface area contributed by atoms with Crippen molar-refractivity contribution in [3.63, 3.8) is 0 Å². The highest BCUT2D eigenvalue weighted by Gasteiger charge is 2.09. The van der Waals surface area contributed by atoms with Gasteiger partial charge < -0.3 is 10.3 Å². The molecule has 0 fully saturated rings. The van der Waals surface area contributed by atoms with Crippen LogP contribution in [0.15, 0.2) is 29.6 Å². The normalized spacial score (nSPS) is 10.7. The number of carbonyl (C=O) groups excluding carboxylic acids is 1. The van der Waals surface area contributed by atoms with Gasteiger partial charge in [-0.2, -0.15) is 0 Å². The number of H-pyrrole nitrogens is 1. The number of amides is 1. The summed E-state index contributed by atoms with van der Waals surface area (Å²) < 4.78 is 3.64. The molecule has 0 bridgehead atoms. The van der Waals surface area contributed by atoms with Crippen molar-refractivity contribution < 1.29 is 4.79 Å². The smallest absolute Gasteiger partial charge is 0.273 e. The molecule has 0 aliphatic heterocycles. The van der Waals surface area contributed by atoms with Crippen LogP contribution < -0.4 is 5.32 Å². The maximum absolute atomic E-state index is 11.6. The van der Waals surface area contributed by atoms with Gasteiger partial charge in [-0.05, 0) is 23.7 Å². The lowest BCUT2D eigenvalue weighted by molar-refractivity contribution is 0.0945. The zero-order chi connectivity index (χ0) is 12.4.